The van der Waals surface area contributed by atoms with E-state index < -0.39 is 17.7 Å². The van der Waals surface area contributed by atoms with Crippen LogP contribution in [0.5, 0.6) is 0 Å². The molecule has 0 aliphatic carbocycles. The Kier molecular flexibility index (Phi) is 10.2. The normalized spacial score (nSPS) is 16.4. The van der Waals surface area contributed by atoms with Gasteiger partial charge in [-0.05, 0) is 79.1 Å². The molecule has 4 rings (SSSR count). The summed E-state index contributed by atoms with van der Waals surface area (Å²) in [5.41, 5.74) is 2.63. The highest BCUT2D eigenvalue weighted by molar-refractivity contribution is 6.33. The van der Waals surface area contributed by atoms with Gasteiger partial charge in [-0.25, -0.2) is 9.59 Å². The molecule has 42 heavy (non-hydrogen) atoms. The molecule has 0 aromatic heterocycles. The van der Waals surface area contributed by atoms with Crippen molar-refractivity contribution in [3.05, 3.63) is 94.0 Å². The highest BCUT2D eigenvalue weighted by Crippen LogP contribution is 2.45. The molecule has 0 bridgehead atoms. The van der Waals surface area contributed by atoms with E-state index >= 15 is 0 Å². The zero-order chi connectivity index (χ0) is 30.3. The van der Waals surface area contributed by atoms with Crippen molar-refractivity contribution in [3.63, 3.8) is 0 Å². The Hall–Kier alpha value is -3.88. The molecule has 1 fully saturated rings. The lowest BCUT2D eigenvalue weighted by Gasteiger charge is -2.44. The van der Waals surface area contributed by atoms with E-state index in [1.54, 1.807) is 4.90 Å². The first-order chi connectivity index (χ1) is 20.2. The Morgan fingerprint density at radius 1 is 1.07 bits per heavy atom. The largest absolute Gasteiger partial charge is 0.478 e. The zero-order valence-electron chi connectivity index (χ0n) is 23.9. The summed E-state index contributed by atoms with van der Waals surface area (Å²) in [6, 6.07) is 19.5. The van der Waals surface area contributed by atoms with E-state index in [1.165, 1.54) is 31.4 Å². The molecular formula is C33H37ClN2O6. The van der Waals surface area contributed by atoms with Gasteiger partial charge in [0.05, 0.1) is 18.3 Å². The number of aliphatic hydroxyl groups is 1. The number of carbonyl (C=O) groups is 3. The number of aryl methyl sites for hydroxylation is 1. The van der Waals surface area contributed by atoms with Gasteiger partial charge in [0.1, 0.15) is 0 Å². The summed E-state index contributed by atoms with van der Waals surface area (Å²) in [4.78, 5) is 38.1. The molecule has 1 aliphatic heterocycles. The number of carboxylic acids is 1. The third-order valence-electron chi connectivity index (χ3n) is 8.06. The number of halogens is 1. The van der Waals surface area contributed by atoms with Gasteiger partial charge in [0.2, 0.25) is 0 Å². The summed E-state index contributed by atoms with van der Waals surface area (Å²) in [7, 11) is 1.30. The van der Waals surface area contributed by atoms with Gasteiger partial charge in [0.25, 0.3) is 5.91 Å². The van der Waals surface area contributed by atoms with E-state index in [0.717, 1.165) is 23.1 Å². The van der Waals surface area contributed by atoms with Crippen LogP contribution in [0.1, 0.15) is 64.4 Å². The fourth-order valence-electron chi connectivity index (χ4n) is 5.79. The second-order valence-corrected chi connectivity index (χ2v) is 11.0. The molecule has 222 valence electrons. The van der Waals surface area contributed by atoms with Crippen molar-refractivity contribution in [2.45, 2.75) is 44.6 Å². The van der Waals surface area contributed by atoms with Gasteiger partial charge in [-0.1, -0.05) is 54.9 Å². The van der Waals surface area contributed by atoms with E-state index in [0.29, 0.717) is 61.5 Å². The summed E-state index contributed by atoms with van der Waals surface area (Å²) in [6.07, 6.45) is 2.47. The molecule has 9 heteroatoms. The maximum atomic E-state index is 13.5. The van der Waals surface area contributed by atoms with Gasteiger partial charge in [-0.2, -0.15) is 0 Å². The smallest absolute Gasteiger partial charge is 0.406 e. The van der Waals surface area contributed by atoms with Gasteiger partial charge in [-0.15, -0.1) is 0 Å². The van der Waals surface area contributed by atoms with Crippen LogP contribution in [0.2, 0.25) is 5.02 Å². The van der Waals surface area contributed by atoms with E-state index in [1.807, 2.05) is 30.3 Å². The average molecular weight is 593 g/mol. The highest BCUT2D eigenvalue weighted by atomic mass is 35.5. The van der Waals surface area contributed by atoms with Crippen LogP contribution >= 0.6 is 11.6 Å². The molecule has 2 atom stereocenters. The lowest BCUT2D eigenvalue weighted by atomic mass is 9.72. The van der Waals surface area contributed by atoms with Crippen LogP contribution in [0.4, 0.5) is 4.79 Å². The molecule has 3 aromatic carbocycles. The van der Waals surface area contributed by atoms with Gasteiger partial charge >= 0.3 is 12.1 Å². The number of carboxylic acid groups (broad SMARTS) is 1. The number of rotatable bonds is 10. The first kappa shape index (κ1) is 31.1. The van der Waals surface area contributed by atoms with Crippen LogP contribution in [0.25, 0.3) is 11.1 Å². The molecule has 1 aliphatic rings. The van der Waals surface area contributed by atoms with Crippen molar-refractivity contribution < 1.29 is 29.3 Å². The van der Waals surface area contributed by atoms with Gasteiger partial charge in [0.15, 0.2) is 0 Å². The minimum Gasteiger partial charge on any atom is -0.478 e. The highest BCUT2D eigenvalue weighted by Gasteiger charge is 2.43. The third kappa shape index (κ3) is 6.94. The SMILES string of the molecule is CCc1cccc(-c2c(Cl)cccc2C(O)(CCCNC(=O)OC)[C@@H]2CCCN(C(=O)c3ccc(C(=O)O)cc3)C2)c1. The number of nitrogens with zero attached hydrogens (tertiary/aromatic N) is 1. The molecule has 8 nitrogen and oxygen atoms in total. The standard InChI is InChI=1S/C33H37ClN2O6/c1-3-22-8-4-9-25(20-22)29-27(11-5-12-28(29)34)33(41,17-7-18-35-32(40)42-2)26-10-6-19-36(21-26)30(37)23-13-15-24(16-14-23)31(38)39/h4-5,8-9,11-16,20,26,41H,3,6-7,10,17-19,21H2,1-2H3,(H,35,40)(H,38,39)/t26-,33?/m1/s1. The zero-order valence-corrected chi connectivity index (χ0v) is 24.7. The monoisotopic (exact) mass is 592 g/mol. The first-order valence-corrected chi connectivity index (χ1v) is 14.6. The number of hydrogen-bond donors (Lipinski definition) is 3. The summed E-state index contributed by atoms with van der Waals surface area (Å²) in [5.74, 6) is -1.59. The van der Waals surface area contributed by atoms with Crippen LogP contribution in [0.15, 0.2) is 66.7 Å². The number of alkyl carbamates (subject to hydrolysis) is 1. The molecule has 3 aromatic rings. The summed E-state index contributed by atoms with van der Waals surface area (Å²) >= 11 is 6.83. The van der Waals surface area contributed by atoms with E-state index in [9.17, 15) is 24.6 Å². The van der Waals surface area contributed by atoms with Crippen LogP contribution < -0.4 is 5.32 Å². The maximum absolute atomic E-state index is 13.5. The van der Waals surface area contributed by atoms with Crippen molar-refractivity contribution in [1.29, 1.82) is 0 Å². The minimum atomic E-state index is -1.37. The first-order valence-electron chi connectivity index (χ1n) is 14.2. The second kappa shape index (κ2) is 13.9. The quantitative estimate of drug-likeness (QED) is 0.243. The Morgan fingerprint density at radius 3 is 2.48 bits per heavy atom. The lowest BCUT2D eigenvalue weighted by Crippen LogP contribution is -2.48. The number of amides is 2. The predicted octanol–water partition coefficient (Wildman–Crippen LogP) is 6.14. The summed E-state index contributed by atoms with van der Waals surface area (Å²) < 4.78 is 4.69. The van der Waals surface area contributed by atoms with Crippen molar-refractivity contribution in [3.8, 4) is 11.1 Å². The fourth-order valence-corrected chi connectivity index (χ4v) is 6.08. The van der Waals surface area contributed by atoms with Crippen LogP contribution in [0.3, 0.4) is 0 Å². The Bertz CT molecular complexity index is 1430. The fraction of sp³-hybridized carbons (Fsp3) is 0.364. The number of benzene rings is 3. The number of ether oxygens (including phenoxy) is 1. The van der Waals surface area contributed by atoms with Gasteiger partial charge in [-0.3, -0.25) is 4.79 Å². The summed E-state index contributed by atoms with van der Waals surface area (Å²) in [5, 5.41) is 25.1. The molecule has 0 radical (unpaired) electrons. The molecule has 0 spiro atoms. The number of nitrogens with one attached hydrogen (secondary N) is 1. The number of carbonyl (C=O) groups excluding carboxylic acids is 2. The van der Waals surface area contributed by atoms with Crippen molar-refractivity contribution in [2.24, 2.45) is 5.92 Å². The third-order valence-corrected chi connectivity index (χ3v) is 8.37. The van der Waals surface area contributed by atoms with Gasteiger partial charge < -0.3 is 25.2 Å². The lowest BCUT2D eigenvalue weighted by molar-refractivity contribution is -0.0563. The van der Waals surface area contributed by atoms with E-state index in [-0.39, 0.29) is 17.4 Å². The molecule has 1 heterocycles. The molecule has 1 saturated heterocycles. The number of aromatic carboxylic acids is 1. The van der Waals surface area contributed by atoms with Crippen LogP contribution in [-0.2, 0) is 16.8 Å². The Morgan fingerprint density at radius 2 is 1.79 bits per heavy atom. The molecule has 2 amide bonds. The number of piperidine rings is 1. The minimum absolute atomic E-state index is 0.110. The topological polar surface area (TPSA) is 116 Å². The molecule has 3 N–H and O–H groups in total. The number of hydrogen-bond acceptors (Lipinski definition) is 5. The molecule has 1 unspecified atom stereocenters. The van der Waals surface area contributed by atoms with Crippen molar-refractivity contribution in [1.82, 2.24) is 10.2 Å². The number of likely N-dealkylation sites (tertiary alicyclic amines) is 1. The Labute approximate surface area is 251 Å². The molecule has 0 saturated carbocycles. The summed E-state index contributed by atoms with van der Waals surface area (Å²) in [6.45, 7) is 3.22. The maximum Gasteiger partial charge on any atom is 0.406 e. The van der Waals surface area contributed by atoms with Crippen molar-refractivity contribution in [2.75, 3.05) is 26.7 Å². The van der Waals surface area contributed by atoms with Crippen LogP contribution in [0, 0.1) is 5.92 Å². The Balaban J connectivity index is 1.70. The second-order valence-electron chi connectivity index (χ2n) is 10.6. The van der Waals surface area contributed by atoms with Crippen LogP contribution in [-0.4, -0.2) is 59.8 Å². The average Bonchev–Trinajstić information content (AvgIpc) is 3.02. The molecular weight excluding hydrogens is 556 g/mol. The predicted molar refractivity (Wildman–Crippen MR) is 162 cm³/mol. The van der Waals surface area contributed by atoms with Gasteiger partial charge in [0, 0.05) is 41.7 Å². The van der Waals surface area contributed by atoms with E-state index in [4.69, 9.17) is 16.3 Å². The van der Waals surface area contributed by atoms with E-state index in [2.05, 4.69) is 24.4 Å². The number of methoxy groups -OCH3 is 1. The van der Waals surface area contributed by atoms with Crippen molar-refractivity contribution >= 4 is 29.6 Å².